The lowest BCUT2D eigenvalue weighted by Crippen LogP contribution is -2.31. The zero-order chi connectivity index (χ0) is 28.1. The van der Waals surface area contributed by atoms with Crippen LogP contribution in [0.1, 0.15) is 21.6 Å². The Kier molecular flexibility index (Phi) is 7.54. The first-order valence-corrected chi connectivity index (χ1v) is 12.5. The van der Waals surface area contributed by atoms with E-state index in [4.69, 9.17) is 20.6 Å². The van der Waals surface area contributed by atoms with E-state index in [-0.39, 0.29) is 30.9 Å². The van der Waals surface area contributed by atoms with Crippen molar-refractivity contribution in [2.24, 2.45) is 5.73 Å². The number of nitrogens with one attached hydrogen (secondary N) is 3. The van der Waals surface area contributed by atoms with Crippen LogP contribution in [0.2, 0.25) is 0 Å². The number of ether oxygens (including phenoxy) is 2. The van der Waals surface area contributed by atoms with Crippen LogP contribution in [0, 0.1) is 5.41 Å². The van der Waals surface area contributed by atoms with Gasteiger partial charge in [0.05, 0.1) is 6.54 Å². The lowest BCUT2D eigenvalue weighted by atomic mass is 10.0. The summed E-state index contributed by atoms with van der Waals surface area (Å²) in [6, 6.07) is 20.8. The van der Waals surface area contributed by atoms with Gasteiger partial charge in [0.1, 0.15) is 23.9 Å². The van der Waals surface area contributed by atoms with Crippen molar-refractivity contribution in [2.45, 2.75) is 6.54 Å². The molecule has 5 N–H and O–H groups in total. The summed E-state index contributed by atoms with van der Waals surface area (Å²) in [5, 5.41) is 15.8. The molecule has 202 valence electrons. The molecule has 5 rings (SSSR count). The van der Waals surface area contributed by atoms with Gasteiger partial charge in [-0.2, -0.15) is 0 Å². The van der Waals surface area contributed by atoms with Crippen LogP contribution in [-0.4, -0.2) is 52.6 Å². The van der Waals surface area contributed by atoms with Crippen LogP contribution in [0.15, 0.2) is 79.1 Å². The van der Waals surface area contributed by atoms with Crippen molar-refractivity contribution >= 4 is 39.5 Å². The maximum atomic E-state index is 13.3. The molecule has 40 heavy (non-hydrogen) atoms. The van der Waals surface area contributed by atoms with E-state index in [1.54, 1.807) is 36.7 Å². The second-order valence-electron chi connectivity index (χ2n) is 8.88. The van der Waals surface area contributed by atoms with Crippen LogP contribution in [0.4, 0.5) is 4.79 Å². The van der Waals surface area contributed by atoms with E-state index in [0.717, 1.165) is 27.2 Å². The van der Waals surface area contributed by atoms with Gasteiger partial charge in [-0.15, -0.1) is 0 Å². The van der Waals surface area contributed by atoms with Gasteiger partial charge in [-0.3, -0.25) is 10.2 Å². The number of carbonyl (C=O) groups is 2. The number of aromatic nitrogens is 3. The largest absolute Gasteiger partial charge is 0.448 e. The van der Waals surface area contributed by atoms with Crippen molar-refractivity contribution in [1.82, 2.24) is 25.2 Å². The highest BCUT2D eigenvalue weighted by Crippen LogP contribution is 2.30. The first-order valence-electron chi connectivity index (χ1n) is 12.5. The molecule has 0 radical (unpaired) electrons. The number of nitrogens with two attached hydrogens (primary N) is 1. The average Bonchev–Trinajstić information content (AvgIpc) is 3.33. The highest BCUT2D eigenvalue weighted by atomic mass is 16.5. The SMILES string of the molecule is CNC(=O)OCCNC(=O)c1cc2ccc(C(=N)N)cc2n1Cc1cc(Oc2ncccn2)cc2ccccc12. The van der Waals surface area contributed by atoms with Crippen molar-refractivity contribution in [3.8, 4) is 11.8 Å². The Labute approximate surface area is 229 Å². The summed E-state index contributed by atoms with van der Waals surface area (Å²) in [6.07, 6.45) is 2.64. The summed E-state index contributed by atoms with van der Waals surface area (Å²) in [4.78, 5) is 33.0. The Bertz CT molecular complexity index is 1720. The number of amidine groups is 1. The fourth-order valence-electron chi connectivity index (χ4n) is 4.41. The first-order chi connectivity index (χ1) is 19.4. The van der Waals surface area contributed by atoms with Gasteiger partial charge in [0.2, 0.25) is 0 Å². The molecule has 0 fully saturated rings. The van der Waals surface area contributed by atoms with Crippen LogP contribution >= 0.6 is 0 Å². The number of hydrogen-bond donors (Lipinski definition) is 4. The van der Waals surface area contributed by atoms with Gasteiger partial charge in [-0.1, -0.05) is 36.4 Å². The molecule has 0 saturated heterocycles. The van der Waals surface area contributed by atoms with E-state index >= 15 is 0 Å². The second-order valence-corrected chi connectivity index (χ2v) is 8.88. The Hall–Kier alpha value is -5.45. The summed E-state index contributed by atoms with van der Waals surface area (Å²) < 4.78 is 12.8. The monoisotopic (exact) mass is 537 g/mol. The van der Waals surface area contributed by atoms with Crippen molar-refractivity contribution in [3.05, 3.63) is 95.9 Å². The highest BCUT2D eigenvalue weighted by Gasteiger charge is 2.18. The molecule has 0 aliphatic carbocycles. The van der Waals surface area contributed by atoms with E-state index in [1.807, 2.05) is 47.0 Å². The van der Waals surface area contributed by atoms with Gasteiger partial charge >= 0.3 is 12.1 Å². The van der Waals surface area contributed by atoms with E-state index in [2.05, 4.69) is 20.6 Å². The van der Waals surface area contributed by atoms with Gasteiger partial charge in [0.15, 0.2) is 0 Å². The Morgan fingerprint density at radius 3 is 2.58 bits per heavy atom. The van der Waals surface area contributed by atoms with Gasteiger partial charge in [-0.05, 0) is 46.7 Å². The number of nitrogens with zero attached hydrogens (tertiary/aromatic N) is 3. The van der Waals surface area contributed by atoms with Crippen molar-refractivity contribution < 1.29 is 19.1 Å². The molecule has 0 bridgehead atoms. The van der Waals surface area contributed by atoms with E-state index in [9.17, 15) is 9.59 Å². The van der Waals surface area contributed by atoms with Crippen LogP contribution < -0.4 is 21.1 Å². The number of rotatable bonds is 9. The molecule has 0 saturated carbocycles. The molecule has 5 aromatic rings. The summed E-state index contributed by atoms with van der Waals surface area (Å²) in [5.41, 5.74) is 8.35. The second kappa shape index (κ2) is 11.5. The minimum Gasteiger partial charge on any atom is -0.448 e. The van der Waals surface area contributed by atoms with Gasteiger partial charge < -0.3 is 30.4 Å². The summed E-state index contributed by atoms with van der Waals surface area (Å²) in [6.45, 7) is 0.469. The number of hydrogen-bond acceptors (Lipinski definition) is 7. The van der Waals surface area contributed by atoms with Crippen molar-refractivity contribution in [3.63, 3.8) is 0 Å². The number of carbonyl (C=O) groups excluding carboxylic acids is 2. The molecule has 2 amide bonds. The molecule has 0 unspecified atom stereocenters. The third-order valence-electron chi connectivity index (χ3n) is 6.27. The summed E-state index contributed by atoms with van der Waals surface area (Å²) >= 11 is 0. The fraction of sp³-hybridized carbons (Fsp3) is 0.138. The summed E-state index contributed by atoms with van der Waals surface area (Å²) in [5.74, 6) is 0.143. The lowest BCUT2D eigenvalue weighted by Gasteiger charge is -2.15. The number of nitrogen functional groups attached to an aromatic ring is 1. The first kappa shape index (κ1) is 26.2. The zero-order valence-corrected chi connectivity index (χ0v) is 21.7. The molecule has 2 heterocycles. The smallest absolute Gasteiger partial charge is 0.406 e. The van der Waals surface area contributed by atoms with Crippen LogP contribution in [0.3, 0.4) is 0 Å². The third-order valence-corrected chi connectivity index (χ3v) is 6.27. The third kappa shape index (κ3) is 5.68. The molecular weight excluding hydrogens is 510 g/mol. The standard InChI is InChI=1S/C29H27N7O4/c1-32-29(38)39-12-11-33-27(37)25-15-19-7-8-20(26(30)31)16-24(19)36(25)17-21-14-22(40-28-34-9-4-10-35-28)13-18-5-2-3-6-23(18)21/h2-10,13-16H,11-12,17H2,1H3,(H3,30,31)(H,32,38)(H,33,37). The normalized spacial score (nSPS) is 10.8. The number of fused-ring (bicyclic) bond motifs is 2. The molecule has 0 aliphatic heterocycles. The topological polar surface area (TPSA) is 157 Å². The molecule has 3 aromatic carbocycles. The maximum absolute atomic E-state index is 13.3. The molecule has 0 aliphatic rings. The predicted octanol–water partition coefficient (Wildman–Crippen LogP) is 3.79. The Balaban J connectivity index is 1.55. The number of alkyl carbamates (subject to hydrolysis) is 1. The van der Waals surface area contributed by atoms with E-state index in [0.29, 0.717) is 23.6 Å². The maximum Gasteiger partial charge on any atom is 0.406 e. The Morgan fingerprint density at radius 2 is 1.80 bits per heavy atom. The Morgan fingerprint density at radius 1 is 1.00 bits per heavy atom. The predicted molar refractivity (Wildman–Crippen MR) is 151 cm³/mol. The average molecular weight is 538 g/mol. The van der Waals surface area contributed by atoms with Crippen LogP contribution in [-0.2, 0) is 11.3 Å². The molecule has 0 spiro atoms. The lowest BCUT2D eigenvalue weighted by molar-refractivity contribution is 0.0926. The summed E-state index contributed by atoms with van der Waals surface area (Å²) in [7, 11) is 1.46. The molecule has 2 aromatic heterocycles. The van der Waals surface area contributed by atoms with Gasteiger partial charge in [-0.25, -0.2) is 14.8 Å². The molecule has 11 heteroatoms. The van der Waals surface area contributed by atoms with Crippen molar-refractivity contribution in [1.29, 1.82) is 5.41 Å². The minimum absolute atomic E-state index is 0.0195. The fourth-order valence-corrected chi connectivity index (χ4v) is 4.41. The van der Waals surface area contributed by atoms with E-state index in [1.165, 1.54) is 7.05 Å². The quantitative estimate of drug-likeness (QED) is 0.127. The molecule has 0 atom stereocenters. The number of amides is 2. The van der Waals surface area contributed by atoms with E-state index < -0.39 is 6.09 Å². The van der Waals surface area contributed by atoms with Gasteiger partial charge in [0, 0.05) is 42.5 Å². The van der Waals surface area contributed by atoms with Crippen LogP contribution in [0.25, 0.3) is 21.7 Å². The zero-order valence-electron chi connectivity index (χ0n) is 21.7. The van der Waals surface area contributed by atoms with Crippen molar-refractivity contribution in [2.75, 3.05) is 20.2 Å². The van der Waals surface area contributed by atoms with Crippen LogP contribution in [0.5, 0.6) is 11.8 Å². The van der Waals surface area contributed by atoms with Gasteiger partial charge in [0.25, 0.3) is 5.91 Å². The number of benzene rings is 3. The molecule has 11 nitrogen and oxygen atoms in total. The highest BCUT2D eigenvalue weighted by molar-refractivity contribution is 6.02. The molecular formula is C29H27N7O4. The minimum atomic E-state index is -0.574.